The van der Waals surface area contributed by atoms with E-state index in [1.165, 1.54) is 9.80 Å². The molecule has 5 aromatic carbocycles. The van der Waals surface area contributed by atoms with Crippen LogP contribution in [0.2, 0.25) is 10.0 Å². The van der Waals surface area contributed by atoms with E-state index in [1.54, 1.807) is 48.5 Å². The maximum Gasteiger partial charge on any atom is 0.246 e. The van der Waals surface area contributed by atoms with Gasteiger partial charge in [-0.15, -0.1) is 0 Å². The molecule has 2 saturated heterocycles. The number of amides is 4. The minimum atomic E-state index is -1.43. The Bertz CT molecular complexity index is 2410. The molecular formula is C43H32Cl2N2O5. The molecule has 4 aliphatic rings. The summed E-state index contributed by atoms with van der Waals surface area (Å²) < 4.78 is 0. The first kappa shape index (κ1) is 32.7. The van der Waals surface area contributed by atoms with Crippen LogP contribution in [0.3, 0.4) is 0 Å². The van der Waals surface area contributed by atoms with Gasteiger partial charge in [0.15, 0.2) is 0 Å². The van der Waals surface area contributed by atoms with Crippen molar-refractivity contribution in [2.45, 2.75) is 31.1 Å². The van der Waals surface area contributed by atoms with E-state index >= 15 is 9.59 Å². The second kappa shape index (κ2) is 11.9. The van der Waals surface area contributed by atoms with Gasteiger partial charge in [0.25, 0.3) is 0 Å². The molecule has 258 valence electrons. The van der Waals surface area contributed by atoms with Gasteiger partial charge >= 0.3 is 0 Å². The third-order valence-corrected chi connectivity index (χ3v) is 12.5. The van der Waals surface area contributed by atoms with Crippen LogP contribution >= 0.6 is 23.2 Å². The predicted molar refractivity (Wildman–Crippen MR) is 200 cm³/mol. The normalized spacial score (nSPS) is 26.8. The Morgan fingerprint density at radius 3 is 2.19 bits per heavy atom. The van der Waals surface area contributed by atoms with Gasteiger partial charge in [-0.25, -0.2) is 9.80 Å². The number of anilines is 2. The number of rotatable bonds is 4. The number of nitrogens with zero attached hydrogens (tertiary/aromatic N) is 2. The fraction of sp³-hybridized carbons (Fsp3) is 0.209. The van der Waals surface area contributed by atoms with Crippen molar-refractivity contribution in [2.24, 2.45) is 23.7 Å². The molecule has 0 aromatic heterocycles. The van der Waals surface area contributed by atoms with E-state index in [1.807, 2.05) is 73.7 Å². The molecule has 2 aliphatic carbocycles. The van der Waals surface area contributed by atoms with Crippen molar-refractivity contribution < 1.29 is 24.3 Å². The summed E-state index contributed by atoms with van der Waals surface area (Å²) in [5, 5.41) is 13.2. The summed E-state index contributed by atoms with van der Waals surface area (Å²) in [5.41, 5.74) is 2.46. The van der Waals surface area contributed by atoms with Gasteiger partial charge in [0.05, 0.1) is 34.5 Å². The molecule has 0 spiro atoms. The van der Waals surface area contributed by atoms with E-state index in [4.69, 9.17) is 23.2 Å². The highest BCUT2D eigenvalue weighted by Gasteiger charge is 2.70. The zero-order valence-electron chi connectivity index (χ0n) is 28.0. The Morgan fingerprint density at radius 2 is 1.44 bits per heavy atom. The standard InChI is InChI=1S/C43H32Cl2N2O5/c1-23-14-15-27(21-35(23)45)46-39(49)32-17-16-31-33(37(32)41(46)51)22-34-40(50)47(26-11-7-10-25(44)20-26)42(52)43(34,24-8-3-2-4-9-24)38(31)30-18-19-36(48)29-13-6-5-12-28(29)30/h2-16,18-21,32-34,37-38,48H,17,22H2,1H3/t32-,33+,34-,37-,38-,43+/m0/s1. The van der Waals surface area contributed by atoms with E-state index in [0.29, 0.717) is 38.8 Å². The average molecular weight is 728 g/mol. The van der Waals surface area contributed by atoms with Crippen LogP contribution in [0.1, 0.15) is 35.4 Å². The fourth-order valence-corrected chi connectivity index (χ4v) is 9.98. The molecule has 52 heavy (non-hydrogen) atoms. The van der Waals surface area contributed by atoms with Gasteiger partial charge in [0.1, 0.15) is 5.75 Å². The van der Waals surface area contributed by atoms with Gasteiger partial charge in [0.2, 0.25) is 23.6 Å². The van der Waals surface area contributed by atoms with Gasteiger partial charge in [-0.3, -0.25) is 19.2 Å². The molecule has 0 unspecified atom stereocenters. The van der Waals surface area contributed by atoms with E-state index < -0.39 is 35.0 Å². The molecule has 6 atom stereocenters. The molecule has 2 aliphatic heterocycles. The number of benzene rings is 5. The Hall–Kier alpha value is -5.24. The van der Waals surface area contributed by atoms with Crippen LogP contribution in [0.4, 0.5) is 11.4 Å². The van der Waals surface area contributed by atoms with Crippen LogP contribution in [0.15, 0.2) is 121 Å². The van der Waals surface area contributed by atoms with E-state index in [2.05, 4.69) is 0 Å². The Labute approximate surface area is 310 Å². The number of hydrogen-bond donors (Lipinski definition) is 1. The zero-order chi connectivity index (χ0) is 36.1. The Morgan fingerprint density at radius 1 is 0.712 bits per heavy atom. The van der Waals surface area contributed by atoms with Crippen LogP contribution in [0.25, 0.3) is 10.8 Å². The minimum Gasteiger partial charge on any atom is -0.507 e. The molecule has 9 rings (SSSR count). The van der Waals surface area contributed by atoms with Gasteiger partial charge in [-0.1, -0.05) is 108 Å². The highest BCUT2D eigenvalue weighted by molar-refractivity contribution is 6.33. The van der Waals surface area contributed by atoms with Crippen molar-refractivity contribution in [3.63, 3.8) is 0 Å². The number of fused-ring (bicyclic) bond motifs is 5. The lowest BCUT2D eigenvalue weighted by molar-refractivity contribution is -0.127. The largest absolute Gasteiger partial charge is 0.507 e. The van der Waals surface area contributed by atoms with Crippen molar-refractivity contribution in [1.29, 1.82) is 0 Å². The maximum atomic E-state index is 15.5. The van der Waals surface area contributed by atoms with Gasteiger partial charge in [-0.05, 0) is 84.2 Å². The summed E-state index contributed by atoms with van der Waals surface area (Å²) in [7, 11) is 0. The van der Waals surface area contributed by atoms with Gasteiger partial charge in [0, 0.05) is 21.3 Å². The summed E-state index contributed by atoms with van der Waals surface area (Å²) in [6.45, 7) is 1.86. The van der Waals surface area contributed by atoms with E-state index in [9.17, 15) is 14.7 Å². The monoisotopic (exact) mass is 726 g/mol. The number of aromatic hydroxyl groups is 1. The van der Waals surface area contributed by atoms with Crippen molar-refractivity contribution in [3.8, 4) is 5.75 Å². The molecule has 1 N–H and O–H groups in total. The number of phenolic OH excluding ortho intramolecular Hbond substituents is 1. The first-order chi connectivity index (χ1) is 25.1. The molecule has 3 fully saturated rings. The lowest BCUT2D eigenvalue weighted by Crippen LogP contribution is -2.53. The maximum absolute atomic E-state index is 15.5. The van der Waals surface area contributed by atoms with Crippen molar-refractivity contribution in [1.82, 2.24) is 0 Å². The topological polar surface area (TPSA) is 95.0 Å². The SMILES string of the molecule is Cc1ccc(N2C(=O)[C@H]3[C@H](CC=C4[C@H]3C[C@H]3C(=O)N(c5cccc(Cl)c5)C(=O)[C@@]3(c3ccccc3)[C@H]4c3ccc(O)c4ccccc34)C2=O)cc1Cl. The highest BCUT2D eigenvalue weighted by atomic mass is 35.5. The summed E-state index contributed by atoms with van der Waals surface area (Å²) in [6.07, 6.45) is 2.51. The van der Waals surface area contributed by atoms with Crippen LogP contribution in [-0.2, 0) is 24.6 Å². The van der Waals surface area contributed by atoms with Crippen molar-refractivity contribution in [2.75, 3.05) is 9.80 Å². The number of imide groups is 2. The van der Waals surface area contributed by atoms with Crippen molar-refractivity contribution in [3.05, 3.63) is 148 Å². The van der Waals surface area contributed by atoms with E-state index in [0.717, 1.165) is 22.1 Å². The van der Waals surface area contributed by atoms with Gasteiger partial charge < -0.3 is 5.11 Å². The third kappa shape index (κ3) is 4.45. The van der Waals surface area contributed by atoms with Gasteiger partial charge in [-0.2, -0.15) is 0 Å². The highest BCUT2D eigenvalue weighted by Crippen LogP contribution is 2.65. The molecule has 7 nitrogen and oxygen atoms in total. The number of aryl methyl sites for hydroxylation is 1. The molecular weight excluding hydrogens is 695 g/mol. The number of carbonyl (C=O) groups excluding carboxylic acids is 4. The summed E-state index contributed by atoms with van der Waals surface area (Å²) in [5.74, 6) is -4.86. The second-order valence-corrected chi connectivity index (χ2v) is 15.1. The molecule has 5 aromatic rings. The average Bonchev–Trinajstić information content (AvgIpc) is 3.54. The van der Waals surface area contributed by atoms with Crippen LogP contribution in [0, 0.1) is 30.6 Å². The van der Waals surface area contributed by atoms with Crippen LogP contribution in [-0.4, -0.2) is 28.7 Å². The fourth-order valence-electron chi connectivity index (χ4n) is 9.62. The summed E-state index contributed by atoms with van der Waals surface area (Å²) >= 11 is 12.9. The zero-order valence-corrected chi connectivity index (χ0v) is 29.5. The lowest BCUT2D eigenvalue weighted by Gasteiger charge is -2.51. The quantitative estimate of drug-likeness (QED) is 0.148. The Kier molecular flexibility index (Phi) is 7.47. The number of allylic oxidation sites excluding steroid dienone is 2. The summed E-state index contributed by atoms with van der Waals surface area (Å²) in [4.78, 5) is 61.9. The predicted octanol–water partition coefficient (Wildman–Crippen LogP) is 8.53. The first-order valence-corrected chi connectivity index (χ1v) is 18.1. The smallest absolute Gasteiger partial charge is 0.246 e. The molecule has 0 bridgehead atoms. The minimum absolute atomic E-state index is 0.0908. The lowest BCUT2D eigenvalue weighted by atomic mass is 9.49. The first-order valence-electron chi connectivity index (χ1n) is 17.4. The van der Waals surface area contributed by atoms with E-state index in [-0.39, 0.29) is 35.8 Å². The van der Waals surface area contributed by atoms with Crippen LogP contribution in [0.5, 0.6) is 5.75 Å². The number of carbonyl (C=O) groups is 4. The number of halogens is 2. The molecule has 2 heterocycles. The molecule has 0 radical (unpaired) electrons. The molecule has 4 amide bonds. The number of hydrogen-bond acceptors (Lipinski definition) is 5. The Balaban J connectivity index is 1.30. The third-order valence-electron chi connectivity index (χ3n) is 11.8. The van der Waals surface area contributed by atoms with Crippen LogP contribution < -0.4 is 9.80 Å². The van der Waals surface area contributed by atoms with Crippen molar-refractivity contribution >= 4 is 69.0 Å². The molecule has 9 heteroatoms. The second-order valence-electron chi connectivity index (χ2n) is 14.3. The number of phenols is 1. The summed E-state index contributed by atoms with van der Waals surface area (Å²) in [6, 6.07) is 32.2. The molecule has 1 saturated carbocycles.